The topological polar surface area (TPSA) is 68.4 Å². The maximum absolute atomic E-state index is 12.9. The summed E-state index contributed by atoms with van der Waals surface area (Å²) in [5.74, 6) is -0.0880. The zero-order valence-electron chi connectivity index (χ0n) is 17.1. The number of nitrogens with zero attached hydrogens (tertiary/aromatic N) is 3. The molecule has 0 atom stereocenters. The van der Waals surface area contributed by atoms with Gasteiger partial charge in [0.15, 0.2) is 0 Å². The van der Waals surface area contributed by atoms with E-state index < -0.39 is 0 Å². The first kappa shape index (κ1) is 19.6. The Morgan fingerprint density at radius 1 is 1.00 bits per heavy atom. The Hall–Kier alpha value is -3.67. The first-order valence-corrected chi connectivity index (χ1v) is 9.98. The van der Waals surface area contributed by atoms with Crippen molar-refractivity contribution in [3.63, 3.8) is 0 Å². The summed E-state index contributed by atoms with van der Waals surface area (Å²) in [6, 6.07) is 17.7. The van der Waals surface area contributed by atoms with Crippen LogP contribution in [-0.4, -0.2) is 20.1 Å². The van der Waals surface area contributed by atoms with Gasteiger partial charge in [-0.2, -0.15) is 5.10 Å². The van der Waals surface area contributed by atoms with Crippen LogP contribution in [0.5, 0.6) is 0 Å². The van der Waals surface area contributed by atoms with Gasteiger partial charge in [-0.05, 0) is 42.7 Å². The second kappa shape index (κ2) is 8.37. The van der Waals surface area contributed by atoms with Crippen molar-refractivity contribution >= 4 is 11.4 Å². The van der Waals surface area contributed by atoms with Crippen LogP contribution in [-0.2, 0) is 17.9 Å². The van der Waals surface area contributed by atoms with Crippen molar-refractivity contribution in [1.29, 1.82) is 0 Å². The number of benzene rings is 2. The van der Waals surface area contributed by atoms with Crippen molar-refractivity contribution in [3.05, 3.63) is 94.0 Å². The van der Waals surface area contributed by atoms with Gasteiger partial charge in [-0.3, -0.25) is 9.59 Å². The van der Waals surface area contributed by atoms with Gasteiger partial charge in [-0.1, -0.05) is 42.5 Å². The van der Waals surface area contributed by atoms with Crippen LogP contribution in [0.25, 0.3) is 16.8 Å². The number of aryl methyl sites for hydroxylation is 3. The standard InChI is InChI=1S/C24H24N4O2/c1-17-8-9-20(14-18(17)2)21-15-22-24(30)27(12-13-28(22)26-21)11-10-23(29)25-16-19-6-4-3-5-7-19/h3-9,12-15H,10-11,16H2,1-2H3,(H,25,29). The average Bonchev–Trinajstić information content (AvgIpc) is 3.20. The van der Waals surface area contributed by atoms with E-state index in [1.807, 2.05) is 36.4 Å². The Kier molecular flexibility index (Phi) is 5.48. The number of hydrogen-bond donors (Lipinski definition) is 1. The van der Waals surface area contributed by atoms with E-state index in [4.69, 9.17) is 0 Å². The molecule has 0 fully saturated rings. The van der Waals surface area contributed by atoms with Crippen LogP contribution in [0.2, 0.25) is 0 Å². The molecule has 6 nitrogen and oxygen atoms in total. The van der Waals surface area contributed by atoms with Gasteiger partial charge in [-0.25, -0.2) is 4.52 Å². The number of carbonyl (C=O) groups excluding carboxylic acids is 1. The van der Waals surface area contributed by atoms with E-state index in [-0.39, 0.29) is 17.9 Å². The van der Waals surface area contributed by atoms with E-state index in [1.54, 1.807) is 27.5 Å². The first-order valence-electron chi connectivity index (χ1n) is 9.98. The van der Waals surface area contributed by atoms with Gasteiger partial charge in [-0.15, -0.1) is 0 Å². The number of fused-ring (bicyclic) bond motifs is 1. The molecule has 6 heteroatoms. The smallest absolute Gasteiger partial charge is 0.276 e. The van der Waals surface area contributed by atoms with Crippen molar-refractivity contribution in [2.45, 2.75) is 33.4 Å². The van der Waals surface area contributed by atoms with Crippen LogP contribution in [0.15, 0.2) is 71.8 Å². The minimum absolute atomic E-state index is 0.0880. The first-order chi connectivity index (χ1) is 14.5. The van der Waals surface area contributed by atoms with Crippen LogP contribution < -0.4 is 10.9 Å². The molecule has 30 heavy (non-hydrogen) atoms. The van der Waals surface area contributed by atoms with Gasteiger partial charge in [0, 0.05) is 37.5 Å². The SMILES string of the molecule is Cc1ccc(-c2cc3c(=O)n(CCC(=O)NCc4ccccc4)ccn3n2)cc1C. The summed E-state index contributed by atoms with van der Waals surface area (Å²) in [4.78, 5) is 25.0. The summed E-state index contributed by atoms with van der Waals surface area (Å²) in [5, 5.41) is 7.43. The number of nitrogens with one attached hydrogen (secondary N) is 1. The molecule has 0 saturated heterocycles. The molecule has 2 aromatic heterocycles. The minimum Gasteiger partial charge on any atom is -0.352 e. The number of hydrogen-bond acceptors (Lipinski definition) is 3. The minimum atomic E-state index is -0.157. The normalized spacial score (nSPS) is 11.0. The predicted octanol–water partition coefficient (Wildman–Crippen LogP) is 3.49. The third-order valence-electron chi connectivity index (χ3n) is 5.32. The molecule has 0 bridgehead atoms. The predicted molar refractivity (Wildman–Crippen MR) is 117 cm³/mol. The van der Waals surface area contributed by atoms with Gasteiger partial charge >= 0.3 is 0 Å². The van der Waals surface area contributed by atoms with Gasteiger partial charge in [0.2, 0.25) is 5.91 Å². The van der Waals surface area contributed by atoms with Crippen molar-refractivity contribution in [2.24, 2.45) is 0 Å². The molecular formula is C24H24N4O2. The maximum atomic E-state index is 12.9. The largest absolute Gasteiger partial charge is 0.352 e. The van der Waals surface area contributed by atoms with Gasteiger partial charge in [0.05, 0.1) is 5.69 Å². The van der Waals surface area contributed by atoms with E-state index in [0.29, 0.717) is 18.6 Å². The van der Waals surface area contributed by atoms with Crippen LogP contribution in [0.3, 0.4) is 0 Å². The second-order valence-corrected chi connectivity index (χ2v) is 7.47. The van der Waals surface area contributed by atoms with Crippen LogP contribution in [0.4, 0.5) is 0 Å². The molecule has 0 aliphatic rings. The quantitative estimate of drug-likeness (QED) is 0.539. The van der Waals surface area contributed by atoms with Gasteiger partial charge in [0.1, 0.15) is 5.52 Å². The number of carbonyl (C=O) groups is 1. The zero-order chi connectivity index (χ0) is 21.1. The molecule has 0 aliphatic carbocycles. The van der Waals surface area contributed by atoms with Gasteiger partial charge in [0.25, 0.3) is 5.56 Å². The summed E-state index contributed by atoms with van der Waals surface area (Å²) in [5.41, 5.74) is 5.52. The molecule has 1 amide bonds. The maximum Gasteiger partial charge on any atom is 0.276 e. The highest BCUT2D eigenvalue weighted by molar-refractivity contribution is 5.75. The molecule has 0 spiro atoms. The molecule has 0 saturated carbocycles. The number of rotatable bonds is 6. The molecular weight excluding hydrogens is 376 g/mol. The van der Waals surface area contributed by atoms with E-state index in [0.717, 1.165) is 16.8 Å². The van der Waals surface area contributed by atoms with E-state index in [2.05, 4.69) is 36.4 Å². The molecule has 1 N–H and O–H groups in total. The third kappa shape index (κ3) is 4.17. The fraction of sp³-hybridized carbons (Fsp3) is 0.208. The molecule has 0 radical (unpaired) electrons. The zero-order valence-corrected chi connectivity index (χ0v) is 17.1. The summed E-state index contributed by atoms with van der Waals surface area (Å²) in [6.07, 6.45) is 3.67. The van der Waals surface area contributed by atoms with Crippen LogP contribution in [0, 0.1) is 13.8 Å². The third-order valence-corrected chi connectivity index (χ3v) is 5.32. The monoisotopic (exact) mass is 400 g/mol. The van der Waals surface area contributed by atoms with Crippen LogP contribution >= 0.6 is 0 Å². The molecule has 0 unspecified atom stereocenters. The summed E-state index contributed by atoms with van der Waals surface area (Å²) < 4.78 is 3.15. The Morgan fingerprint density at radius 3 is 2.57 bits per heavy atom. The van der Waals surface area contributed by atoms with E-state index >= 15 is 0 Å². The Labute approximate surface area is 174 Å². The van der Waals surface area contributed by atoms with Crippen LogP contribution in [0.1, 0.15) is 23.1 Å². The Morgan fingerprint density at radius 2 is 1.80 bits per heavy atom. The van der Waals surface area contributed by atoms with Crippen molar-refractivity contribution in [3.8, 4) is 11.3 Å². The molecule has 4 rings (SSSR count). The fourth-order valence-corrected chi connectivity index (χ4v) is 3.35. The lowest BCUT2D eigenvalue weighted by Gasteiger charge is -2.07. The summed E-state index contributed by atoms with van der Waals surface area (Å²) >= 11 is 0. The lowest BCUT2D eigenvalue weighted by molar-refractivity contribution is -0.121. The van der Waals surface area contributed by atoms with Crippen molar-refractivity contribution in [2.75, 3.05) is 0 Å². The molecule has 2 heterocycles. The number of amides is 1. The summed E-state index contributed by atoms with van der Waals surface area (Å²) in [7, 11) is 0. The lowest BCUT2D eigenvalue weighted by Crippen LogP contribution is -2.27. The molecule has 2 aromatic carbocycles. The van der Waals surface area contributed by atoms with E-state index in [9.17, 15) is 9.59 Å². The lowest BCUT2D eigenvalue weighted by atomic mass is 10.0. The second-order valence-electron chi connectivity index (χ2n) is 7.47. The van der Waals surface area contributed by atoms with E-state index in [1.165, 1.54) is 11.1 Å². The van der Waals surface area contributed by atoms with Crippen molar-refractivity contribution in [1.82, 2.24) is 19.5 Å². The Bertz CT molecular complexity index is 1260. The highest BCUT2D eigenvalue weighted by atomic mass is 16.1. The molecule has 0 aliphatic heterocycles. The van der Waals surface area contributed by atoms with Crippen molar-refractivity contribution < 1.29 is 4.79 Å². The average molecular weight is 400 g/mol. The molecule has 152 valence electrons. The highest BCUT2D eigenvalue weighted by Crippen LogP contribution is 2.21. The van der Waals surface area contributed by atoms with Gasteiger partial charge < -0.3 is 9.88 Å². The fourth-order valence-electron chi connectivity index (χ4n) is 3.35. The molecule has 4 aromatic rings. The summed E-state index contributed by atoms with van der Waals surface area (Å²) in [6.45, 7) is 4.93. The Balaban J connectivity index is 1.47. The number of aromatic nitrogens is 3. The highest BCUT2D eigenvalue weighted by Gasteiger charge is 2.11.